The van der Waals surface area contributed by atoms with Gasteiger partial charge >= 0.3 is 5.97 Å². The summed E-state index contributed by atoms with van der Waals surface area (Å²) >= 11 is 0. The van der Waals surface area contributed by atoms with E-state index < -0.39 is 0 Å². The number of nitrogens with zero attached hydrogens (tertiary/aromatic N) is 2. The molecular formula is C30H22N2O2. The molecule has 0 aliphatic rings. The minimum Gasteiger partial charge on any atom is -0.424 e. The maximum Gasteiger partial charge on any atom is 0.308 e. The number of rotatable bonds is 4. The number of para-hydroxylation sites is 4. The van der Waals surface area contributed by atoms with Crippen molar-refractivity contribution in [1.29, 1.82) is 0 Å². The fraction of sp³-hybridized carbons (Fsp3) is 0.0333. The third kappa shape index (κ3) is 3.20. The fourth-order valence-corrected chi connectivity index (χ4v) is 4.72. The maximum atomic E-state index is 12.2. The van der Waals surface area contributed by atoms with Gasteiger partial charge in [-0.2, -0.15) is 0 Å². The lowest BCUT2D eigenvalue weighted by Gasteiger charge is -2.12. The molecule has 0 fully saturated rings. The van der Waals surface area contributed by atoms with Crippen LogP contribution in [0.1, 0.15) is 6.92 Å². The van der Waals surface area contributed by atoms with E-state index in [-0.39, 0.29) is 5.97 Å². The number of benzene rings is 4. The van der Waals surface area contributed by atoms with E-state index in [0.29, 0.717) is 5.75 Å². The quantitative estimate of drug-likeness (QED) is 0.271. The minimum absolute atomic E-state index is 0.344. The van der Waals surface area contributed by atoms with Crippen molar-refractivity contribution in [2.24, 2.45) is 0 Å². The predicted molar refractivity (Wildman–Crippen MR) is 137 cm³/mol. The van der Waals surface area contributed by atoms with Crippen LogP contribution in [0.4, 0.5) is 0 Å². The molecule has 164 valence electrons. The Morgan fingerprint density at radius 1 is 0.647 bits per heavy atom. The number of hydrogen-bond acceptors (Lipinski definition) is 2. The van der Waals surface area contributed by atoms with Crippen molar-refractivity contribution in [1.82, 2.24) is 9.13 Å². The Kier molecular flexibility index (Phi) is 4.77. The van der Waals surface area contributed by atoms with Crippen molar-refractivity contribution in [3.05, 3.63) is 115 Å². The van der Waals surface area contributed by atoms with Gasteiger partial charge in [0.05, 0.1) is 16.7 Å². The number of hydrogen-bond donors (Lipinski definition) is 0. The third-order valence-corrected chi connectivity index (χ3v) is 6.09. The van der Waals surface area contributed by atoms with Crippen LogP contribution in [0.15, 0.2) is 115 Å². The molecule has 4 aromatic carbocycles. The molecule has 0 saturated heterocycles. The maximum absolute atomic E-state index is 12.2. The van der Waals surface area contributed by atoms with Crippen molar-refractivity contribution < 1.29 is 9.53 Å². The van der Waals surface area contributed by atoms with Crippen molar-refractivity contribution >= 4 is 27.8 Å². The summed E-state index contributed by atoms with van der Waals surface area (Å²) in [6.07, 6.45) is 2.14. The average Bonchev–Trinajstić information content (AvgIpc) is 3.41. The zero-order valence-electron chi connectivity index (χ0n) is 18.7. The van der Waals surface area contributed by atoms with E-state index in [1.807, 2.05) is 66.7 Å². The van der Waals surface area contributed by atoms with Crippen molar-refractivity contribution in [2.45, 2.75) is 6.92 Å². The molecule has 4 heteroatoms. The van der Waals surface area contributed by atoms with Gasteiger partial charge in [-0.1, -0.05) is 66.7 Å². The predicted octanol–water partition coefficient (Wildman–Crippen LogP) is 7.17. The molecule has 6 rings (SSSR count). The smallest absolute Gasteiger partial charge is 0.308 e. The molecule has 4 nitrogen and oxygen atoms in total. The van der Waals surface area contributed by atoms with Crippen molar-refractivity contribution in [3.63, 3.8) is 0 Å². The van der Waals surface area contributed by atoms with Gasteiger partial charge in [-0.25, -0.2) is 0 Å². The number of carbonyl (C=O) groups is 1. The van der Waals surface area contributed by atoms with Crippen LogP contribution in [0.25, 0.3) is 44.4 Å². The van der Waals surface area contributed by atoms with Gasteiger partial charge in [-0.15, -0.1) is 0 Å². The summed E-state index contributed by atoms with van der Waals surface area (Å²) < 4.78 is 10.3. The van der Waals surface area contributed by atoms with Gasteiger partial charge < -0.3 is 13.9 Å². The van der Waals surface area contributed by atoms with Gasteiger partial charge in [0.15, 0.2) is 5.75 Å². The normalized spacial score (nSPS) is 11.2. The summed E-state index contributed by atoms with van der Waals surface area (Å²) in [6, 6.07) is 36.9. The average molecular weight is 443 g/mol. The third-order valence-electron chi connectivity index (χ3n) is 6.09. The van der Waals surface area contributed by atoms with Gasteiger partial charge in [0.1, 0.15) is 0 Å². The van der Waals surface area contributed by atoms with E-state index in [9.17, 15) is 4.79 Å². The summed E-state index contributed by atoms with van der Waals surface area (Å²) in [5.74, 6) is 0.229. The van der Waals surface area contributed by atoms with Crippen LogP contribution in [-0.2, 0) is 4.79 Å². The number of ether oxygens (including phenoxy) is 1. The first-order valence-corrected chi connectivity index (χ1v) is 11.3. The Balaban J connectivity index is 1.76. The molecule has 2 aromatic heterocycles. The lowest BCUT2D eigenvalue weighted by molar-refractivity contribution is -0.131. The number of fused-ring (bicyclic) bond motifs is 2. The van der Waals surface area contributed by atoms with E-state index in [4.69, 9.17) is 4.74 Å². The van der Waals surface area contributed by atoms with Gasteiger partial charge in [0.2, 0.25) is 0 Å². The molecule has 0 radical (unpaired) electrons. The molecule has 0 N–H and O–H groups in total. The molecule has 0 aliphatic heterocycles. The van der Waals surface area contributed by atoms with Gasteiger partial charge in [-0.05, 0) is 42.5 Å². The van der Waals surface area contributed by atoms with Crippen molar-refractivity contribution in [2.75, 3.05) is 0 Å². The second kappa shape index (κ2) is 8.09. The Morgan fingerprint density at radius 3 is 1.88 bits per heavy atom. The van der Waals surface area contributed by atoms with Crippen LogP contribution in [0, 0.1) is 0 Å². The Morgan fingerprint density at radius 2 is 1.21 bits per heavy atom. The second-order valence-corrected chi connectivity index (χ2v) is 8.22. The molecule has 0 saturated carbocycles. The topological polar surface area (TPSA) is 36.2 Å². The highest BCUT2D eigenvalue weighted by molar-refractivity contribution is 6.05. The fourth-order valence-electron chi connectivity index (χ4n) is 4.72. The summed E-state index contributed by atoms with van der Waals surface area (Å²) in [5.41, 5.74) is 5.99. The summed E-state index contributed by atoms with van der Waals surface area (Å²) in [5, 5.41) is 1.98. The number of carbonyl (C=O) groups excluding carboxylic acids is 1. The van der Waals surface area contributed by atoms with Gasteiger partial charge in [0.25, 0.3) is 0 Å². The molecule has 2 heterocycles. The monoisotopic (exact) mass is 442 g/mol. The molecule has 0 atom stereocenters. The Bertz CT molecular complexity index is 1640. The van der Waals surface area contributed by atoms with E-state index in [2.05, 4.69) is 57.8 Å². The first-order valence-electron chi connectivity index (χ1n) is 11.3. The van der Waals surface area contributed by atoms with Crippen LogP contribution >= 0.6 is 0 Å². The van der Waals surface area contributed by atoms with Crippen LogP contribution in [-0.4, -0.2) is 15.1 Å². The highest BCUT2D eigenvalue weighted by Crippen LogP contribution is 2.45. The number of esters is 1. The number of aromatic nitrogens is 2. The summed E-state index contributed by atoms with van der Waals surface area (Å²) in [6.45, 7) is 1.45. The standard InChI is InChI=1S/C30H22N2O2/c1-21(33)34-30-25-17-9-11-19-28(25)32(23-14-6-3-7-15-23)29(30)26-20-31(22-12-4-2-5-13-22)27-18-10-8-16-24(26)27/h2-20H,1H3. The molecule has 0 amide bonds. The minimum atomic E-state index is -0.344. The largest absolute Gasteiger partial charge is 0.424 e. The summed E-state index contributed by atoms with van der Waals surface area (Å²) in [4.78, 5) is 12.2. The zero-order valence-corrected chi connectivity index (χ0v) is 18.7. The first-order chi connectivity index (χ1) is 16.7. The van der Waals surface area contributed by atoms with E-state index in [1.165, 1.54) is 6.92 Å². The van der Waals surface area contributed by atoms with Crippen LogP contribution in [0.5, 0.6) is 5.75 Å². The van der Waals surface area contributed by atoms with Crippen LogP contribution in [0.3, 0.4) is 0 Å². The molecule has 6 aromatic rings. The zero-order chi connectivity index (χ0) is 23.1. The van der Waals surface area contributed by atoms with E-state index in [0.717, 1.165) is 44.4 Å². The highest BCUT2D eigenvalue weighted by Gasteiger charge is 2.25. The highest BCUT2D eigenvalue weighted by atomic mass is 16.5. The molecule has 0 bridgehead atoms. The van der Waals surface area contributed by atoms with Crippen molar-refractivity contribution in [3.8, 4) is 28.4 Å². The van der Waals surface area contributed by atoms with Crippen LogP contribution < -0.4 is 4.74 Å². The molecule has 34 heavy (non-hydrogen) atoms. The first kappa shape index (κ1) is 20.1. The van der Waals surface area contributed by atoms with Crippen LogP contribution in [0.2, 0.25) is 0 Å². The van der Waals surface area contributed by atoms with Gasteiger partial charge in [0, 0.05) is 40.8 Å². The summed E-state index contributed by atoms with van der Waals surface area (Å²) in [7, 11) is 0. The Labute approximate surface area is 197 Å². The molecule has 0 spiro atoms. The van der Waals surface area contributed by atoms with E-state index >= 15 is 0 Å². The Hall–Kier alpha value is -4.57. The molecular weight excluding hydrogens is 420 g/mol. The van der Waals surface area contributed by atoms with Gasteiger partial charge in [-0.3, -0.25) is 4.79 Å². The second-order valence-electron chi connectivity index (χ2n) is 8.22. The lowest BCUT2D eigenvalue weighted by atomic mass is 10.1. The molecule has 0 unspecified atom stereocenters. The molecule has 0 aliphatic carbocycles. The lowest BCUT2D eigenvalue weighted by Crippen LogP contribution is -2.03. The SMILES string of the molecule is CC(=O)Oc1c(-c2cn(-c3ccccc3)c3ccccc23)n(-c2ccccc2)c2ccccc12. The van der Waals surface area contributed by atoms with E-state index in [1.54, 1.807) is 0 Å².